The van der Waals surface area contributed by atoms with E-state index in [1.165, 1.54) is 17.5 Å². The van der Waals surface area contributed by atoms with Gasteiger partial charge in [0.1, 0.15) is 5.75 Å². The summed E-state index contributed by atoms with van der Waals surface area (Å²) in [7, 11) is 1.71. The van der Waals surface area contributed by atoms with Crippen LogP contribution in [0.3, 0.4) is 0 Å². The maximum Gasteiger partial charge on any atom is 0.118 e. The fourth-order valence-corrected chi connectivity index (χ4v) is 3.79. The van der Waals surface area contributed by atoms with Gasteiger partial charge < -0.3 is 4.74 Å². The van der Waals surface area contributed by atoms with Gasteiger partial charge in [0.25, 0.3) is 0 Å². The summed E-state index contributed by atoms with van der Waals surface area (Å²) in [6.07, 6.45) is 9.84. The highest BCUT2D eigenvalue weighted by Crippen LogP contribution is 2.46. The Morgan fingerprint density at radius 2 is 2.05 bits per heavy atom. The van der Waals surface area contributed by atoms with E-state index < -0.39 is 0 Å². The fraction of sp³-hybridized carbons (Fsp3) is 0.316. The van der Waals surface area contributed by atoms with Crippen molar-refractivity contribution in [2.45, 2.75) is 25.0 Å². The lowest BCUT2D eigenvalue weighted by molar-refractivity contribution is 0.191. The topological polar surface area (TPSA) is 25.4 Å². The van der Waals surface area contributed by atoms with Gasteiger partial charge in [0.15, 0.2) is 0 Å². The lowest BCUT2D eigenvalue weighted by atomic mass is 9.95. The van der Waals surface area contributed by atoms with Gasteiger partial charge >= 0.3 is 0 Å². The summed E-state index contributed by atoms with van der Waals surface area (Å²) >= 11 is 0. The molecule has 2 aliphatic rings. The Kier molecular flexibility index (Phi) is 3.43. The van der Waals surface area contributed by atoms with E-state index in [4.69, 9.17) is 4.74 Å². The standard InChI is InChI=1S/C19H20N2O/c1-22-18-8-4-14(5-9-18)13-21-17-7-6-15(11-17)19(21)16-3-2-10-20-12-16/h2-10,12,15,17,19H,11,13H2,1H3. The number of likely N-dealkylation sites (tertiary alicyclic amines) is 1. The van der Waals surface area contributed by atoms with Crippen molar-refractivity contribution >= 4 is 0 Å². The molecule has 2 bridgehead atoms. The molecule has 22 heavy (non-hydrogen) atoms. The Morgan fingerprint density at radius 1 is 1.18 bits per heavy atom. The van der Waals surface area contributed by atoms with Crippen LogP contribution in [-0.2, 0) is 6.54 Å². The molecule has 0 radical (unpaired) electrons. The number of hydrogen-bond donors (Lipinski definition) is 0. The summed E-state index contributed by atoms with van der Waals surface area (Å²) in [5.41, 5.74) is 2.66. The maximum absolute atomic E-state index is 5.25. The van der Waals surface area contributed by atoms with Gasteiger partial charge in [-0.25, -0.2) is 0 Å². The lowest BCUT2D eigenvalue weighted by Gasteiger charge is -2.32. The molecule has 1 aliphatic heterocycles. The van der Waals surface area contributed by atoms with Crippen LogP contribution in [0, 0.1) is 5.92 Å². The predicted octanol–water partition coefficient (Wildman–Crippen LogP) is 3.59. The molecule has 1 saturated heterocycles. The number of pyridine rings is 1. The van der Waals surface area contributed by atoms with Crippen molar-refractivity contribution in [1.29, 1.82) is 0 Å². The van der Waals surface area contributed by atoms with Crippen LogP contribution in [0.4, 0.5) is 0 Å². The Hall–Kier alpha value is -2.13. The second-order valence-electron chi connectivity index (χ2n) is 6.10. The number of ether oxygens (including phenoxy) is 1. The zero-order chi connectivity index (χ0) is 14.9. The van der Waals surface area contributed by atoms with Gasteiger partial charge in [0.2, 0.25) is 0 Å². The number of rotatable bonds is 4. The monoisotopic (exact) mass is 292 g/mol. The Morgan fingerprint density at radius 3 is 2.77 bits per heavy atom. The molecular formula is C19H20N2O. The Balaban J connectivity index is 1.60. The minimum Gasteiger partial charge on any atom is -0.497 e. The number of methoxy groups -OCH3 is 1. The summed E-state index contributed by atoms with van der Waals surface area (Å²) in [5.74, 6) is 1.53. The average Bonchev–Trinajstić information content (AvgIpc) is 3.18. The van der Waals surface area contributed by atoms with Crippen LogP contribution in [-0.4, -0.2) is 23.0 Å². The molecule has 112 valence electrons. The molecule has 2 aromatic rings. The van der Waals surface area contributed by atoms with E-state index in [1.807, 2.05) is 30.6 Å². The zero-order valence-corrected chi connectivity index (χ0v) is 12.7. The number of nitrogens with zero attached hydrogens (tertiary/aromatic N) is 2. The normalized spacial score (nSPS) is 26.5. The summed E-state index contributed by atoms with van der Waals surface area (Å²) in [6, 6.07) is 13.6. The molecule has 3 nitrogen and oxygen atoms in total. The minimum absolute atomic E-state index is 0.450. The van der Waals surface area contributed by atoms with E-state index in [0.717, 1.165) is 12.3 Å². The highest BCUT2D eigenvalue weighted by atomic mass is 16.5. The molecule has 1 fully saturated rings. The van der Waals surface area contributed by atoms with Gasteiger partial charge in [-0.05, 0) is 41.7 Å². The van der Waals surface area contributed by atoms with Gasteiger partial charge in [-0.2, -0.15) is 0 Å². The smallest absolute Gasteiger partial charge is 0.118 e. The third kappa shape index (κ3) is 2.32. The number of hydrogen-bond acceptors (Lipinski definition) is 3. The molecule has 0 saturated carbocycles. The van der Waals surface area contributed by atoms with Crippen LogP contribution < -0.4 is 4.74 Å². The molecule has 1 aliphatic carbocycles. The predicted molar refractivity (Wildman–Crippen MR) is 86.6 cm³/mol. The minimum atomic E-state index is 0.450. The zero-order valence-electron chi connectivity index (χ0n) is 12.7. The molecule has 0 amide bonds. The van der Waals surface area contributed by atoms with E-state index in [9.17, 15) is 0 Å². The van der Waals surface area contributed by atoms with E-state index >= 15 is 0 Å². The first-order valence-corrected chi connectivity index (χ1v) is 7.82. The molecule has 3 atom stereocenters. The van der Waals surface area contributed by atoms with Crippen molar-refractivity contribution in [2.24, 2.45) is 5.92 Å². The van der Waals surface area contributed by atoms with Crippen LogP contribution in [0.1, 0.15) is 23.6 Å². The first kappa shape index (κ1) is 13.5. The largest absolute Gasteiger partial charge is 0.497 e. The average molecular weight is 292 g/mol. The third-order valence-corrected chi connectivity index (χ3v) is 4.83. The summed E-state index contributed by atoms with van der Waals surface area (Å²) in [6.45, 7) is 0.967. The molecule has 0 N–H and O–H groups in total. The highest BCUT2D eigenvalue weighted by molar-refractivity contribution is 5.30. The molecule has 2 heterocycles. The van der Waals surface area contributed by atoms with Crippen LogP contribution >= 0.6 is 0 Å². The fourth-order valence-electron chi connectivity index (χ4n) is 3.79. The molecule has 4 rings (SSSR count). The Bertz CT molecular complexity index is 666. The number of aromatic nitrogens is 1. The van der Waals surface area contributed by atoms with Crippen molar-refractivity contribution in [3.63, 3.8) is 0 Å². The van der Waals surface area contributed by atoms with Crippen molar-refractivity contribution in [2.75, 3.05) is 7.11 Å². The van der Waals surface area contributed by atoms with Crippen molar-refractivity contribution in [1.82, 2.24) is 9.88 Å². The second-order valence-corrected chi connectivity index (χ2v) is 6.10. The first-order valence-electron chi connectivity index (χ1n) is 7.82. The van der Waals surface area contributed by atoms with Crippen molar-refractivity contribution < 1.29 is 4.74 Å². The van der Waals surface area contributed by atoms with Crippen molar-refractivity contribution in [3.8, 4) is 5.75 Å². The van der Waals surface area contributed by atoms with Crippen LogP contribution in [0.2, 0.25) is 0 Å². The van der Waals surface area contributed by atoms with E-state index in [1.54, 1.807) is 7.11 Å². The molecule has 1 aromatic heterocycles. The third-order valence-electron chi connectivity index (χ3n) is 4.83. The van der Waals surface area contributed by atoms with Crippen LogP contribution in [0.5, 0.6) is 5.75 Å². The lowest BCUT2D eigenvalue weighted by Crippen LogP contribution is -2.32. The SMILES string of the molecule is COc1ccc(CN2C3C=CC(C3)C2c2cccnc2)cc1. The molecule has 3 unspecified atom stereocenters. The molecule has 3 heteroatoms. The highest BCUT2D eigenvalue weighted by Gasteiger charge is 2.43. The molecular weight excluding hydrogens is 272 g/mol. The first-order chi connectivity index (χ1) is 10.8. The number of benzene rings is 1. The second kappa shape index (κ2) is 5.58. The van der Waals surface area contributed by atoms with Gasteiger partial charge in [-0.15, -0.1) is 0 Å². The van der Waals surface area contributed by atoms with E-state index in [0.29, 0.717) is 18.0 Å². The summed E-state index contributed by atoms with van der Waals surface area (Å²) < 4.78 is 5.25. The van der Waals surface area contributed by atoms with Gasteiger partial charge in [-0.1, -0.05) is 30.4 Å². The van der Waals surface area contributed by atoms with Crippen LogP contribution in [0.15, 0.2) is 60.9 Å². The quantitative estimate of drug-likeness (QED) is 0.805. The van der Waals surface area contributed by atoms with Gasteiger partial charge in [0.05, 0.1) is 7.11 Å². The summed E-state index contributed by atoms with van der Waals surface area (Å²) in [4.78, 5) is 6.91. The maximum atomic E-state index is 5.25. The Labute approximate surface area is 131 Å². The van der Waals surface area contributed by atoms with E-state index in [2.05, 4.69) is 40.2 Å². The van der Waals surface area contributed by atoms with Crippen LogP contribution in [0.25, 0.3) is 0 Å². The van der Waals surface area contributed by atoms with Gasteiger partial charge in [-0.3, -0.25) is 9.88 Å². The van der Waals surface area contributed by atoms with E-state index in [-0.39, 0.29) is 0 Å². The summed E-state index contributed by atoms with van der Waals surface area (Å²) in [5, 5.41) is 0. The number of fused-ring (bicyclic) bond motifs is 2. The van der Waals surface area contributed by atoms with Gasteiger partial charge in [0, 0.05) is 31.0 Å². The molecule has 0 spiro atoms. The van der Waals surface area contributed by atoms with Crippen molar-refractivity contribution in [3.05, 3.63) is 72.1 Å². The molecule has 1 aromatic carbocycles.